The molecule has 3 rings (SSSR count). The molecule has 0 radical (unpaired) electrons. The SMILES string of the molecule is O=C1CN(C(=O)c2cnn3ccncc23)CCCN1. The quantitative estimate of drug-likeness (QED) is 0.762. The highest BCUT2D eigenvalue weighted by atomic mass is 16.2. The summed E-state index contributed by atoms with van der Waals surface area (Å²) in [7, 11) is 0. The van der Waals surface area contributed by atoms with Gasteiger partial charge in [0.15, 0.2) is 0 Å². The first-order valence-electron chi connectivity index (χ1n) is 6.09. The van der Waals surface area contributed by atoms with Crippen molar-refractivity contribution in [2.24, 2.45) is 0 Å². The van der Waals surface area contributed by atoms with Crippen LogP contribution in [0.3, 0.4) is 0 Å². The van der Waals surface area contributed by atoms with Gasteiger partial charge in [-0.2, -0.15) is 5.10 Å². The minimum Gasteiger partial charge on any atom is -0.354 e. The van der Waals surface area contributed by atoms with E-state index in [1.54, 1.807) is 28.0 Å². The molecule has 1 aliphatic heterocycles. The molecule has 7 nitrogen and oxygen atoms in total. The fourth-order valence-electron chi connectivity index (χ4n) is 2.15. The van der Waals surface area contributed by atoms with Crippen LogP contribution in [0.25, 0.3) is 5.52 Å². The summed E-state index contributed by atoms with van der Waals surface area (Å²) in [4.78, 5) is 29.5. The van der Waals surface area contributed by atoms with Crippen LogP contribution in [0.5, 0.6) is 0 Å². The second kappa shape index (κ2) is 4.68. The van der Waals surface area contributed by atoms with E-state index in [1.807, 2.05) is 0 Å². The molecular weight excluding hydrogens is 246 g/mol. The molecule has 2 amide bonds. The maximum Gasteiger partial charge on any atom is 0.258 e. The molecule has 1 saturated heterocycles. The lowest BCUT2D eigenvalue weighted by Gasteiger charge is -2.18. The zero-order valence-corrected chi connectivity index (χ0v) is 10.2. The maximum absolute atomic E-state index is 12.4. The average molecular weight is 259 g/mol. The zero-order chi connectivity index (χ0) is 13.2. The number of fused-ring (bicyclic) bond motifs is 1. The molecule has 0 unspecified atom stereocenters. The Morgan fingerprint density at radius 1 is 1.37 bits per heavy atom. The monoisotopic (exact) mass is 259 g/mol. The van der Waals surface area contributed by atoms with E-state index in [0.29, 0.717) is 24.2 Å². The predicted octanol–water partition coefficient (Wildman–Crippen LogP) is -0.309. The van der Waals surface area contributed by atoms with Gasteiger partial charge in [0, 0.05) is 25.5 Å². The van der Waals surface area contributed by atoms with Crippen molar-refractivity contribution in [3.8, 4) is 0 Å². The Balaban J connectivity index is 1.92. The van der Waals surface area contributed by atoms with Gasteiger partial charge in [-0.25, -0.2) is 4.52 Å². The molecule has 7 heteroatoms. The molecule has 0 aliphatic carbocycles. The van der Waals surface area contributed by atoms with E-state index < -0.39 is 0 Å². The van der Waals surface area contributed by atoms with E-state index in [0.717, 1.165) is 6.42 Å². The highest BCUT2D eigenvalue weighted by molar-refractivity contribution is 6.01. The maximum atomic E-state index is 12.4. The van der Waals surface area contributed by atoms with Crippen molar-refractivity contribution in [2.75, 3.05) is 19.6 Å². The molecule has 0 aromatic carbocycles. The lowest BCUT2D eigenvalue weighted by Crippen LogP contribution is -2.37. The van der Waals surface area contributed by atoms with Gasteiger partial charge in [0.25, 0.3) is 5.91 Å². The Hall–Kier alpha value is -2.44. The van der Waals surface area contributed by atoms with Crippen molar-refractivity contribution >= 4 is 17.3 Å². The molecular formula is C12H13N5O2. The number of hydrogen-bond donors (Lipinski definition) is 1. The molecule has 0 spiro atoms. The van der Waals surface area contributed by atoms with Crippen LogP contribution in [0.2, 0.25) is 0 Å². The van der Waals surface area contributed by atoms with Gasteiger partial charge < -0.3 is 10.2 Å². The van der Waals surface area contributed by atoms with Crippen LogP contribution in [0.4, 0.5) is 0 Å². The number of nitrogens with zero attached hydrogens (tertiary/aromatic N) is 4. The summed E-state index contributed by atoms with van der Waals surface area (Å²) >= 11 is 0. The minimum atomic E-state index is -0.181. The highest BCUT2D eigenvalue weighted by Gasteiger charge is 2.23. The van der Waals surface area contributed by atoms with Gasteiger partial charge in [0.05, 0.1) is 30.0 Å². The van der Waals surface area contributed by atoms with Gasteiger partial charge in [-0.3, -0.25) is 14.6 Å². The molecule has 1 aliphatic rings. The summed E-state index contributed by atoms with van der Waals surface area (Å²) in [5.41, 5.74) is 1.12. The molecule has 0 bridgehead atoms. The van der Waals surface area contributed by atoms with E-state index in [4.69, 9.17) is 0 Å². The third-order valence-corrected chi connectivity index (χ3v) is 3.10. The van der Waals surface area contributed by atoms with Crippen LogP contribution < -0.4 is 5.32 Å². The molecule has 2 aromatic heterocycles. The van der Waals surface area contributed by atoms with Crippen LogP contribution in [-0.4, -0.2) is 50.9 Å². The first-order chi connectivity index (χ1) is 9.25. The largest absolute Gasteiger partial charge is 0.354 e. The van der Waals surface area contributed by atoms with E-state index in [2.05, 4.69) is 15.4 Å². The van der Waals surface area contributed by atoms with Crippen molar-refractivity contribution in [1.82, 2.24) is 24.8 Å². The van der Waals surface area contributed by atoms with Gasteiger partial charge in [-0.1, -0.05) is 0 Å². The number of carbonyl (C=O) groups excluding carboxylic acids is 2. The Labute approximate surface area is 109 Å². The molecule has 0 saturated carbocycles. The predicted molar refractivity (Wildman–Crippen MR) is 66.5 cm³/mol. The standard InChI is InChI=1S/C12H13N5O2/c18-11-8-16(4-1-2-14-11)12(19)9-6-15-17-5-3-13-7-10(9)17/h3,5-7H,1-2,4,8H2,(H,14,18). The first kappa shape index (κ1) is 11.6. The Morgan fingerprint density at radius 3 is 3.16 bits per heavy atom. The summed E-state index contributed by atoms with van der Waals surface area (Å²) in [6.45, 7) is 1.27. The third kappa shape index (κ3) is 2.14. The molecule has 0 atom stereocenters. The van der Waals surface area contributed by atoms with E-state index in [-0.39, 0.29) is 18.4 Å². The zero-order valence-electron chi connectivity index (χ0n) is 10.2. The molecule has 98 valence electrons. The van der Waals surface area contributed by atoms with E-state index in [9.17, 15) is 9.59 Å². The van der Waals surface area contributed by atoms with Crippen LogP contribution >= 0.6 is 0 Å². The lowest BCUT2D eigenvalue weighted by atomic mass is 10.2. The minimum absolute atomic E-state index is 0.0937. The van der Waals surface area contributed by atoms with Crippen LogP contribution in [0.1, 0.15) is 16.8 Å². The molecule has 2 aromatic rings. The third-order valence-electron chi connectivity index (χ3n) is 3.10. The topological polar surface area (TPSA) is 79.6 Å². The number of carbonyl (C=O) groups is 2. The summed E-state index contributed by atoms with van der Waals surface area (Å²) in [6.07, 6.45) is 7.16. The number of hydrogen-bond acceptors (Lipinski definition) is 4. The van der Waals surface area contributed by atoms with Gasteiger partial charge in [-0.15, -0.1) is 0 Å². The normalized spacial score (nSPS) is 16.2. The second-order valence-corrected chi connectivity index (χ2v) is 4.39. The Morgan fingerprint density at radius 2 is 2.26 bits per heavy atom. The van der Waals surface area contributed by atoms with Crippen LogP contribution in [-0.2, 0) is 4.79 Å². The smallest absolute Gasteiger partial charge is 0.258 e. The number of nitrogens with one attached hydrogen (secondary N) is 1. The summed E-state index contributed by atoms with van der Waals surface area (Å²) < 4.78 is 1.60. The Kier molecular flexibility index (Phi) is 2.86. The van der Waals surface area contributed by atoms with Gasteiger partial charge in [0.2, 0.25) is 5.91 Å². The molecule has 1 fully saturated rings. The lowest BCUT2D eigenvalue weighted by molar-refractivity contribution is -0.121. The van der Waals surface area contributed by atoms with E-state index in [1.165, 1.54) is 6.20 Å². The highest BCUT2D eigenvalue weighted by Crippen LogP contribution is 2.12. The molecule has 19 heavy (non-hydrogen) atoms. The van der Waals surface area contributed by atoms with Crippen molar-refractivity contribution < 1.29 is 9.59 Å². The van der Waals surface area contributed by atoms with Crippen molar-refractivity contribution in [3.05, 3.63) is 30.4 Å². The van der Waals surface area contributed by atoms with Crippen molar-refractivity contribution in [3.63, 3.8) is 0 Å². The van der Waals surface area contributed by atoms with Crippen LogP contribution in [0.15, 0.2) is 24.8 Å². The first-order valence-corrected chi connectivity index (χ1v) is 6.09. The van der Waals surface area contributed by atoms with E-state index >= 15 is 0 Å². The fraction of sp³-hybridized carbons (Fsp3) is 0.333. The summed E-state index contributed by atoms with van der Waals surface area (Å²) in [6, 6.07) is 0. The summed E-state index contributed by atoms with van der Waals surface area (Å²) in [5.74, 6) is -0.305. The second-order valence-electron chi connectivity index (χ2n) is 4.39. The van der Waals surface area contributed by atoms with Gasteiger partial charge in [-0.05, 0) is 6.42 Å². The fourth-order valence-corrected chi connectivity index (χ4v) is 2.15. The number of rotatable bonds is 1. The van der Waals surface area contributed by atoms with Crippen molar-refractivity contribution in [1.29, 1.82) is 0 Å². The summed E-state index contributed by atoms with van der Waals surface area (Å²) in [5, 5.41) is 6.85. The molecule has 1 N–H and O–H groups in total. The number of aromatic nitrogens is 3. The number of amides is 2. The Bertz CT molecular complexity index is 636. The molecule has 3 heterocycles. The van der Waals surface area contributed by atoms with Gasteiger partial charge >= 0.3 is 0 Å². The van der Waals surface area contributed by atoms with Gasteiger partial charge in [0.1, 0.15) is 0 Å². The van der Waals surface area contributed by atoms with Crippen molar-refractivity contribution in [2.45, 2.75) is 6.42 Å². The average Bonchev–Trinajstić information content (AvgIpc) is 2.73. The van der Waals surface area contributed by atoms with Crippen LogP contribution in [0, 0.1) is 0 Å².